The summed E-state index contributed by atoms with van der Waals surface area (Å²) in [5.41, 5.74) is 9.65. The maximum absolute atomic E-state index is 5.54. The maximum atomic E-state index is 5.54. The Morgan fingerprint density at radius 1 is 1.29 bits per heavy atom. The number of hydrogen-bond donors (Lipinski definition) is 1. The van der Waals surface area contributed by atoms with Crippen LogP contribution in [0.4, 0.5) is 0 Å². The highest BCUT2D eigenvalue weighted by Crippen LogP contribution is 2.22. The number of nitrogens with two attached hydrogens (primary N) is 1. The molecule has 0 bridgehead atoms. The predicted molar refractivity (Wildman–Crippen MR) is 54.6 cm³/mol. The molecule has 1 aromatic heterocycles. The van der Waals surface area contributed by atoms with Crippen molar-refractivity contribution in [3.8, 4) is 11.1 Å². The second-order valence-electron chi connectivity index (χ2n) is 3.25. The summed E-state index contributed by atoms with van der Waals surface area (Å²) in [5, 5.41) is 3.83. The van der Waals surface area contributed by atoms with E-state index < -0.39 is 0 Å². The van der Waals surface area contributed by atoms with Gasteiger partial charge in [0.15, 0.2) is 0 Å². The summed E-state index contributed by atoms with van der Waals surface area (Å²) in [6.07, 6.45) is 1.63. The standard InChI is InChI=1S/C11H12N2O/c1-8-2-4-9(5-3-8)10-7-14-13-11(10)6-12/h2-5,7H,6,12H2,1H3. The van der Waals surface area contributed by atoms with Crippen molar-refractivity contribution in [2.24, 2.45) is 5.73 Å². The van der Waals surface area contributed by atoms with Crippen molar-refractivity contribution >= 4 is 0 Å². The third-order valence-corrected chi connectivity index (χ3v) is 2.20. The first-order chi connectivity index (χ1) is 6.81. The Morgan fingerprint density at radius 2 is 2.00 bits per heavy atom. The predicted octanol–water partition coefficient (Wildman–Crippen LogP) is 2.11. The van der Waals surface area contributed by atoms with Gasteiger partial charge in [0.25, 0.3) is 0 Å². The van der Waals surface area contributed by atoms with E-state index in [1.807, 2.05) is 12.1 Å². The van der Waals surface area contributed by atoms with Gasteiger partial charge in [-0.05, 0) is 12.5 Å². The molecule has 0 amide bonds. The Hall–Kier alpha value is -1.61. The molecular weight excluding hydrogens is 176 g/mol. The lowest BCUT2D eigenvalue weighted by Gasteiger charge is -1.99. The number of benzene rings is 1. The fraction of sp³-hybridized carbons (Fsp3) is 0.182. The summed E-state index contributed by atoms with van der Waals surface area (Å²) in [6, 6.07) is 8.20. The molecule has 0 aliphatic heterocycles. The molecule has 1 heterocycles. The van der Waals surface area contributed by atoms with Gasteiger partial charge < -0.3 is 10.3 Å². The Kier molecular flexibility index (Phi) is 2.33. The van der Waals surface area contributed by atoms with E-state index in [9.17, 15) is 0 Å². The third kappa shape index (κ3) is 1.54. The molecule has 1 aromatic carbocycles. The van der Waals surface area contributed by atoms with Crippen LogP contribution in [0, 0.1) is 6.92 Å². The zero-order valence-corrected chi connectivity index (χ0v) is 8.03. The van der Waals surface area contributed by atoms with Gasteiger partial charge in [0.05, 0.1) is 0 Å². The first-order valence-corrected chi connectivity index (χ1v) is 4.51. The average Bonchev–Trinajstić information content (AvgIpc) is 2.67. The molecule has 2 rings (SSSR count). The van der Waals surface area contributed by atoms with Crippen molar-refractivity contribution in [1.29, 1.82) is 0 Å². The normalized spacial score (nSPS) is 10.4. The molecule has 2 aromatic rings. The lowest BCUT2D eigenvalue weighted by molar-refractivity contribution is 0.412. The second kappa shape index (κ2) is 3.64. The monoisotopic (exact) mass is 188 g/mol. The molecule has 0 atom stereocenters. The van der Waals surface area contributed by atoms with Crippen LogP contribution < -0.4 is 5.73 Å². The Balaban J connectivity index is 2.44. The lowest BCUT2D eigenvalue weighted by Crippen LogP contribution is -1.97. The van der Waals surface area contributed by atoms with E-state index in [2.05, 4.69) is 24.2 Å². The van der Waals surface area contributed by atoms with Crippen LogP contribution in [-0.2, 0) is 6.54 Å². The minimum absolute atomic E-state index is 0.402. The van der Waals surface area contributed by atoms with Crippen LogP contribution in [0.3, 0.4) is 0 Å². The second-order valence-corrected chi connectivity index (χ2v) is 3.25. The van der Waals surface area contributed by atoms with E-state index in [1.165, 1.54) is 5.56 Å². The molecule has 0 radical (unpaired) electrons. The maximum Gasteiger partial charge on any atom is 0.131 e. The molecule has 3 nitrogen and oxygen atoms in total. The van der Waals surface area contributed by atoms with E-state index in [-0.39, 0.29) is 0 Å². The van der Waals surface area contributed by atoms with Crippen molar-refractivity contribution in [2.45, 2.75) is 13.5 Å². The van der Waals surface area contributed by atoms with Crippen molar-refractivity contribution in [3.63, 3.8) is 0 Å². The summed E-state index contributed by atoms with van der Waals surface area (Å²) in [6.45, 7) is 2.46. The molecule has 3 heteroatoms. The average molecular weight is 188 g/mol. The summed E-state index contributed by atoms with van der Waals surface area (Å²) >= 11 is 0. The highest BCUT2D eigenvalue weighted by Gasteiger charge is 2.07. The van der Waals surface area contributed by atoms with E-state index in [0.717, 1.165) is 16.8 Å². The van der Waals surface area contributed by atoms with Gasteiger partial charge in [-0.15, -0.1) is 0 Å². The molecule has 0 unspecified atom stereocenters. The fourth-order valence-electron chi connectivity index (χ4n) is 1.37. The van der Waals surface area contributed by atoms with Gasteiger partial charge in [-0.25, -0.2) is 0 Å². The molecule has 14 heavy (non-hydrogen) atoms. The topological polar surface area (TPSA) is 52.0 Å². The highest BCUT2D eigenvalue weighted by atomic mass is 16.5. The summed E-state index contributed by atoms with van der Waals surface area (Å²) in [5.74, 6) is 0. The van der Waals surface area contributed by atoms with Crippen LogP contribution in [0.5, 0.6) is 0 Å². The van der Waals surface area contributed by atoms with Gasteiger partial charge in [0, 0.05) is 12.1 Å². The molecule has 0 fully saturated rings. The van der Waals surface area contributed by atoms with E-state index in [1.54, 1.807) is 6.26 Å². The van der Waals surface area contributed by atoms with Crippen molar-refractivity contribution in [2.75, 3.05) is 0 Å². The van der Waals surface area contributed by atoms with Crippen LogP contribution in [0.1, 0.15) is 11.3 Å². The number of aromatic nitrogens is 1. The van der Waals surface area contributed by atoms with Gasteiger partial charge >= 0.3 is 0 Å². The molecule has 0 aliphatic rings. The zero-order chi connectivity index (χ0) is 9.97. The number of hydrogen-bond acceptors (Lipinski definition) is 3. The smallest absolute Gasteiger partial charge is 0.131 e. The van der Waals surface area contributed by atoms with Gasteiger partial charge in [-0.3, -0.25) is 0 Å². The van der Waals surface area contributed by atoms with Crippen molar-refractivity contribution < 1.29 is 4.52 Å². The van der Waals surface area contributed by atoms with E-state index in [0.29, 0.717) is 6.54 Å². The SMILES string of the molecule is Cc1ccc(-c2conc2CN)cc1. The summed E-state index contributed by atoms with van der Waals surface area (Å²) < 4.78 is 4.89. The molecule has 72 valence electrons. The zero-order valence-electron chi connectivity index (χ0n) is 8.03. The molecule has 0 saturated carbocycles. The first kappa shape index (κ1) is 8.97. The third-order valence-electron chi connectivity index (χ3n) is 2.20. The van der Waals surface area contributed by atoms with E-state index >= 15 is 0 Å². The van der Waals surface area contributed by atoms with Crippen LogP contribution in [0.25, 0.3) is 11.1 Å². The fourth-order valence-corrected chi connectivity index (χ4v) is 1.37. The van der Waals surface area contributed by atoms with Crippen LogP contribution in [0.2, 0.25) is 0 Å². The molecule has 2 N–H and O–H groups in total. The van der Waals surface area contributed by atoms with Crippen molar-refractivity contribution in [3.05, 3.63) is 41.8 Å². The van der Waals surface area contributed by atoms with Gasteiger partial charge in [-0.2, -0.15) is 0 Å². The Labute approximate surface area is 82.5 Å². The quantitative estimate of drug-likeness (QED) is 0.785. The number of nitrogens with zero attached hydrogens (tertiary/aromatic N) is 1. The van der Waals surface area contributed by atoms with Crippen LogP contribution in [0.15, 0.2) is 35.1 Å². The summed E-state index contributed by atoms with van der Waals surface area (Å²) in [7, 11) is 0. The Morgan fingerprint density at radius 3 is 2.64 bits per heavy atom. The van der Waals surface area contributed by atoms with E-state index in [4.69, 9.17) is 10.3 Å². The molecule has 0 spiro atoms. The van der Waals surface area contributed by atoms with Gasteiger partial charge in [-0.1, -0.05) is 35.0 Å². The minimum Gasteiger partial charge on any atom is -0.364 e. The van der Waals surface area contributed by atoms with Crippen molar-refractivity contribution in [1.82, 2.24) is 5.16 Å². The first-order valence-electron chi connectivity index (χ1n) is 4.51. The highest BCUT2D eigenvalue weighted by molar-refractivity contribution is 5.64. The van der Waals surface area contributed by atoms with Crippen LogP contribution >= 0.6 is 0 Å². The molecular formula is C11H12N2O. The van der Waals surface area contributed by atoms with Gasteiger partial charge in [0.2, 0.25) is 0 Å². The Bertz CT molecular complexity index is 417. The largest absolute Gasteiger partial charge is 0.364 e. The number of rotatable bonds is 2. The van der Waals surface area contributed by atoms with Gasteiger partial charge in [0.1, 0.15) is 12.0 Å². The minimum atomic E-state index is 0.402. The lowest BCUT2D eigenvalue weighted by atomic mass is 10.1. The molecule has 0 saturated heterocycles. The molecule has 0 aliphatic carbocycles. The van der Waals surface area contributed by atoms with Crippen LogP contribution in [-0.4, -0.2) is 5.16 Å². The summed E-state index contributed by atoms with van der Waals surface area (Å²) in [4.78, 5) is 0. The number of aryl methyl sites for hydroxylation is 1.